The van der Waals surface area contributed by atoms with E-state index >= 15 is 0 Å². The largest absolute Gasteiger partial charge is 0.478 e. The predicted molar refractivity (Wildman–Crippen MR) is 76.2 cm³/mol. The first kappa shape index (κ1) is 12.1. The van der Waals surface area contributed by atoms with Gasteiger partial charge in [-0.15, -0.1) is 0 Å². The van der Waals surface area contributed by atoms with E-state index in [1.807, 2.05) is 30.3 Å². The van der Waals surface area contributed by atoms with E-state index in [2.05, 4.69) is 15.3 Å². The smallest absolute Gasteiger partial charge is 0.339 e. The van der Waals surface area contributed by atoms with Crippen molar-refractivity contribution in [2.24, 2.45) is 0 Å². The number of anilines is 2. The lowest BCUT2D eigenvalue weighted by atomic mass is 10.1. The van der Waals surface area contributed by atoms with Crippen LogP contribution in [0.1, 0.15) is 10.4 Å². The second-order valence-corrected chi connectivity index (χ2v) is 4.23. The van der Waals surface area contributed by atoms with Crippen molar-refractivity contribution in [1.82, 2.24) is 9.97 Å². The van der Waals surface area contributed by atoms with E-state index in [-0.39, 0.29) is 5.56 Å². The summed E-state index contributed by atoms with van der Waals surface area (Å²) >= 11 is 0. The maximum Gasteiger partial charge on any atom is 0.339 e. The van der Waals surface area contributed by atoms with Crippen LogP contribution in [0.15, 0.2) is 55.0 Å². The minimum atomic E-state index is -1.02. The number of carboxylic acids is 1. The number of benzene rings is 1. The van der Waals surface area contributed by atoms with Crippen molar-refractivity contribution in [1.29, 1.82) is 0 Å². The number of carboxylic acid groups (broad SMARTS) is 1. The van der Waals surface area contributed by atoms with Gasteiger partial charge in [-0.05, 0) is 18.2 Å². The highest BCUT2D eigenvalue weighted by atomic mass is 16.4. The fourth-order valence-corrected chi connectivity index (χ4v) is 2.02. The summed E-state index contributed by atoms with van der Waals surface area (Å²) < 4.78 is 0. The molecule has 98 valence electrons. The molecule has 0 radical (unpaired) electrons. The number of carbonyl (C=O) groups is 1. The lowest BCUT2D eigenvalue weighted by Gasteiger charge is -2.10. The fraction of sp³-hybridized carbons (Fsp3) is 0. The molecule has 5 heteroatoms. The molecule has 0 saturated carbocycles. The summed E-state index contributed by atoms with van der Waals surface area (Å²) in [6, 6.07) is 11.2. The van der Waals surface area contributed by atoms with E-state index < -0.39 is 5.97 Å². The minimum Gasteiger partial charge on any atom is -0.478 e. The lowest BCUT2D eigenvalue weighted by molar-refractivity contribution is 0.0697. The third-order valence-electron chi connectivity index (χ3n) is 2.95. The van der Waals surface area contributed by atoms with Crippen molar-refractivity contribution in [3.05, 3.63) is 60.6 Å². The molecule has 0 atom stereocenters. The van der Waals surface area contributed by atoms with Crippen molar-refractivity contribution in [2.75, 3.05) is 5.32 Å². The molecule has 0 saturated heterocycles. The van der Waals surface area contributed by atoms with Crippen LogP contribution in [0, 0.1) is 0 Å². The summed E-state index contributed by atoms with van der Waals surface area (Å²) in [5.74, 6) is -1.02. The molecule has 5 nitrogen and oxygen atoms in total. The van der Waals surface area contributed by atoms with Crippen LogP contribution in [0.25, 0.3) is 10.9 Å². The second kappa shape index (κ2) is 4.97. The van der Waals surface area contributed by atoms with E-state index in [1.165, 1.54) is 6.20 Å². The van der Waals surface area contributed by atoms with Crippen molar-refractivity contribution in [3.8, 4) is 0 Å². The molecule has 0 spiro atoms. The molecule has 0 unspecified atom stereocenters. The van der Waals surface area contributed by atoms with E-state index in [9.17, 15) is 4.79 Å². The van der Waals surface area contributed by atoms with Crippen LogP contribution in [0.5, 0.6) is 0 Å². The summed E-state index contributed by atoms with van der Waals surface area (Å²) in [5.41, 5.74) is 2.17. The summed E-state index contributed by atoms with van der Waals surface area (Å²) in [7, 11) is 0. The van der Waals surface area contributed by atoms with Crippen molar-refractivity contribution in [3.63, 3.8) is 0 Å². The number of hydrogen-bond donors (Lipinski definition) is 2. The molecular formula is C15H11N3O2. The lowest BCUT2D eigenvalue weighted by Crippen LogP contribution is -2.03. The zero-order chi connectivity index (χ0) is 13.9. The maximum atomic E-state index is 11.2. The Bertz CT molecular complexity index is 781. The molecule has 2 heterocycles. The van der Waals surface area contributed by atoms with Crippen LogP contribution in [-0.2, 0) is 0 Å². The molecule has 3 rings (SSSR count). The summed E-state index contributed by atoms with van der Waals surface area (Å²) in [4.78, 5) is 19.3. The number of hydrogen-bond acceptors (Lipinski definition) is 4. The zero-order valence-electron chi connectivity index (χ0n) is 10.4. The molecular weight excluding hydrogens is 254 g/mol. The minimum absolute atomic E-state index is 0.125. The van der Waals surface area contributed by atoms with Gasteiger partial charge in [0, 0.05) is 24.0 Å². The number of aromatic nitrogens is 2. The molecule has 0 aliphatic heterocycles. The number of aromatic carboxylic acids is 1. The number of pyridine rings is 2. The van der Waals surface area contributed by atoms with Crippen molar-refractivity contribution in [2.45, 2.75) is 0 Å². The predicted octanol–water partition coefficient (Wildman–Crippen LogP) is 3.07. The zero-order valence-corrected chi connectivity index (χ0v) is 10.4. The molecule has 1 aromatic carbocycles. The van der Waals surface area contributed by atoms with Gasteiger partial charge in [-0.25, -0.2) is 4.79 Å². The SMILES string of the molecule is O=C(O)c1cnccc1Nc1cccc2cccnc12. The first-order valence-corrected chi connectivity index (χ1v) is 6.04. The molecule has 20 heavy (non-hydrogen) atoms. The third kappa shape index (κ3) is 2.16. The Hall–Kier alpha value is -2.95. The number of para-hydroxylation sites is 1. The molecule has 2 N–H and O–H groups in total. The first-order chi connectivity index (χ1) is 9.75. The number of nitrogens with one attached hydrogen (secondary N) is 1. The summed E-state index contributed by atoms with van der Waals surface area (Å²) in [5, 5.41) is 13.3. The highest BCUT2D eigenvalue weighted by Crippen LogP contribution is 2.26. The van der Waals surface area contributed by atoms with Crippen molar-refractivity contribution < 1.29 is 9.90 Å². The molecule has 0 aliphatic carbocycles. The molecule has 0 amide bonds. The van der Waals surface area contributed by atoms with Crippen molar-refractivity contribution >= 4 is 28.2 Å². The van der Waals surface area contributed by atoms with Gasteiger partial charge in [-0.1, -0.05) is 18.2 Å². The van der Waals surface area contributed by atoms with Gasteiger partial charge in [0.1, 0.15) is 5.56 Å². The van der Waals surface area contributed by atoms with Crippen LogP contribution in [0.2, 0.25) is 0 Å². The Morgan fingerprint density at radius 3 is 2.75 bits per heavy atom. The topological polar surface area (TPSA) is 75.1 Å². The average molecular weight is 265 g/mol. The van der Waals surface area contributed by atoms with Gasteiger partial charge >= 0.3 is 5.97 Å². The van der Waals surface area contributed by atoms with Gasteiger partial charge in [0.05, 0.1) is 16.9 Å². The molecule has 0 fully saturated rings. The fourth-order valence-electron chi connectivity index (χ4n) is 2.02. The molecule has 3 aromatic rings. The van der Waals surface area contributed by atoms with Gasteiger partial charge in [0.15, 0.2) is 0 Å². The normalized spacial score (nSPS) is 10.4. The van der Waals surface area contributed by atoms with E-state index in [0.29, 0.717) is 5.69 Å². The molecule has 0 bridgehead atoms. The Balaban J connectivity index is 2.08. The summed E-state index contributed by atoms with van der Waals surface area (Å²) in [6.07, 6.45) is 4.58. The van der Waals surface area contributed by atoms with Gasteiger partial charge in [0.2, 0.25) is 0 Å². The number of fused-ring (bicyclic) bond motifs is 1. The monoisotopic (exact) mass is 265 g/mol. The quantitative estimate of drug-likeness (QED) is 0.761. The van der Waals surface area contributed by atoms with Gasteiger partial charge in [-0.3, -0.25) is 9.97 Å². The number of nitrogens with zero attached hydrogens (tertiary/aromatic N) is 2. The Kier molecular flexibility index (Phi) is 3.01. The van der Waals surface area contributed by atoms with Crippen LogP contribution < -0.4 is 5.32 Å². The Morgan fingerprint density at radius 2 is 1.90 bits per heavy atom. The molecule has 2 aromatic heterocycles. The van der Waals surface area contributed by atoms with Crippen LogP contribution in [-0.4, -0.2) is 21.0 Å². The van der Waals surface area contributed by atoms with E-state index in [1.54, 1.807) is 18.5 Å². The second-order valence-electron chi connectivity index (χ2n) is 4.23. The highest BCUT2D eigenvalue weighted by molar-refractivity contribution is 5.97. The first-order valence-electron chi connectivity index (χ1n) is 6.04. The van der Waals surface area contributed by atoms with Crippen LogP contribution in [0.4, 0.5) is 11.4 Å². The van der Waals surface area contributed by atoms with Crippen LogP contribution >= 0.6 is 0 Å². The molecule has 0 aliphatic rings. The van der Waals surface area contributed by atoms with Crippen LogP contribution in [0.3, 0.4) is 0 Å². The third-order valence-corrected chi connectivity index (χ3v) is 2.95. The number of rotatable bonds is 3. The van der Waals surface area contributed by atoms with Gasteiger partial charge < -0.3 is 10.4 Å². The van der Waals surface area contributed by atoms with Gasteiger partial charge in [0.25, 0.3) is 0 Å². The van der Waals surface area contributed by atoms with E-state index in [0.717, 1.165) is 16.6 Å². The average Bonchev–Trinajstić information content (AvgIpc) is 2.48. The Morgan fingerprint density at radius 1 is 1.05 bits per heavy atom. The summed E-state index contributed by atoms with van der Waals surface area (Å²) in [6.45, 7) is 0. The maximum absolute atomic E-state index is 11.2. The van der Waals surface area contributed by atoms with E-state index in [4.69, 9.17) is 5.11 Å². The highest BCUT2D eigenvalue weighted by Gasteiger charge is 2.11. The standard InChI is InChI=1S/C15H11N3O2/c19-15(20)11-9-16-8-6-12(11)18-13-5-1-3-10-4-2-7-17-14(10)13/h1-9H,(H,16,18)(H,19,20). The van der Waals surface area contributed by atoms with Gasteiger partial charge in [-0.2, -0.15) is 0 Å². The Labute approximate surface area is 114 Å².